The molecule has 0 bridgehead atoms. The molecule has 25 heavy (non-hydrogen) atoms. The lowest BCUT2D eigenvalue weighted by atomic mass is 9.96. The smallest absolute Gasteiger partial charge is 0.231 e. The highest BCUT2D eigenvalue weighted by Gasteiger charge is 2.34. The molecule has 0 spiro atoms. The van der Waals surface area contributed by atoms with Crippen LogP contribution in [0.25, 0.3) is 0 Å². The minimum Gasteiger partial charge on any atom is -0.454 e. The number of rotatable bonds is 5. The van der Waals surface area contributed by atoms with Crippen LogP contribution in [0, 0.1) is 11.8 Å². The molecule has 0 aliphatic carbocycles. The van der Waals surface area contributed by atoms with Gasteiger partial charge in [-0.15, -0.1) is 0 Å². The monoisotopic (exact) mass is 347 g/mol. The van der Waals surface area contributed by atoms with Gasteiger partial charge in [0.15, 0.2) is 11.5 Å². The zero-order valence-corrected chi connectivity index (χ0v) is 15.1. The van der Waals surface area contributed by atoms with E-state index in [-0.39, 0.29) is 6.61 Å². The molecular weight excluding hydrogens is 318 g/mol. The summed E-state index contributed by atoms with van der Waals surface area (Å²) in [6.07, 6.45) is 0. The van der Waals surface area contributed by atoms with E-state index in [4.69, 9.17) is 9.47 Å². The maximum atomic E-state index is 9.83. The van der Waals surface area contributed by atoms with Gasteiger partial charge in [0.1, 0.15) is 0 Å². The molecule has 138 valence electrons. The maximum Gasteiger partial charge on any atom is 0.231 e. The summed E-state index contributed by atoms with van der Waals surface area (Å²) in [4.78, 5) is 7.43. The normalized spacial score (nSPS) is 27.9. The fourth-order valence-corrected chi connectivity index (χ4v) is 4.24. The number of nitrogens with zero attached hydrogens (tertiary/aromatic N) is 3. The van der Waals surface area contributed by atoms with Crippen molar-refractivity contribution in [3.05, 3.63) is 23.8 Å². The van der Waals surface area contributed by atoms with Gasteiger partial charge in [-0.25, -0.2) is 0 Å². The largest absolute Gasteiger partial charge is 0.454 e. The van der Waals surface area contributed by atoms with Crippen LogP contribution >= 0.6 is 0 Å². The van der Waals surface area contributed by atoms with E-state index in [1.165, 1.54) is 5.56 Å². The summed E-state index contributed by atoms with van der Waals surface area (Å²) in [5, 5.41) is 9.83. The first-order valence-electron chi connectivity index (χ1n) is 9.34. The average Bonchev–Trinajstić information content (AvgIpc) is 3.23. The number of hydrogen-bond donors (Lipinski definition) is 1. The first kappa shape index (κ1) is 17.1. The van der Waals surface area contributed by atoms with Crippen molar-refractivity contribution in [2.75, 3.05) is 66.3 Å². The Morgan fingerprint density at radius 2 is 1.76 bits per heavy atom. The number of hydrogen-bond acceptors (Lipinski definition) is 6. The molecule has 2 unspecified atom stereocenters. The first-order valence-corrected chi connectivity index (χ1v) is 9.34. The van der Waals surface area contributed by atoms with Crippen LogP contribution in [-0.4, -0.2) is 86.1 Å². The van der Waals surface area contributed by atoms with Crippen LogP contribution < -0.4 is 9.47 Å². The average molecular weight is 347 g/mol. The van der Waals surface area contributed by atoms with Gasteiger partial charge in [-0.1, -0.05) is 6.07 Å². The number of ether oxygens (including phenoxy) is 2. The molecule has 2 atom stereocenters. The fourth-order valence-electron chi connectivity index (χ4n) is 4.24. The van der Waals surface area contributed by atoms with Crippen LogP contribution in [0.4, 0.5) is 0 Å². The standard InChI is InChI=1S/C19H29N3O3/c1-20-4-6-21(7-5-20)10-16-11-22(12-17(16)13-23)9-15-2-3-18-19(8-15)25-14-24-18/h2-3,8,16-17,23H,4-7,9-14H2,1H3. The summed E-state index contributed by atoms with van der Waals surface area (Å²) in [6, 6.07) is 6.21. The Bertz CT molecular complexity index is 589. The highest BCUT2D eigenvalue weighted by atomic mass is 16.7. The Morgan fingerprint density at radius 3 is 2.56 bits per heavy atom. The predicted molar refractivity (Wildman–Crippen MR) is 95.8 cm³/mol. The van der Waals surface area contributed by atoms with Gasteiger partial charge in [-0.3, -0.25) is 4.90 Å². The number of aliphatic hydroxyl groups is 1. The van der Waals surface area contributed by atoms with E-state index in [0.29, 0.717) is 18.6 Å². The lowest BCUT2D eigenvalue weighted by Gasteiger charge is -2.34. The summed E-state index contributed by atoms with van der Waals surface area (Å²) in [5.41, 5.74) is 1.25. The van der Waals surface area contributed by atoms with Crippen molar-refractivity contribution in [2.45, 2.75) is 6.54 Å². The molecule has 3 aliphatic rings. The summed E-state index contributed by atoms with van der Waals surface area (Å²) >= 11 is 0. The number of likely N-dealkylation sites (tertiary alicyclic amines) is 1. The molecule has 2 fully saturated rings. The molecule has 2 saturated heterocycles. The number of piperazine rings is 1. The second-order valence-electron chi connectivity index (χ2n) is 7.69. The van der Waals surface area contributed by atoms with Crippen LogP contribution in [0.3, 0.4) is 0 Å². The Kier molecular flexibility index (Phi) is 5.12. The minimum absolute atomic E-state index is 0.288. The third kappa shape index (κ3) is 3.92. The van der Waals surface area contributed by atoms with E-state index >= 15 is 0 Å². The van der Waals surface area contributed by atoms with E-state index < -0.39 is 0 Å². The SMILES string of the molecule is CN1CCN(CC2CN(Cc3ccc4c(c3)OCO4)CC2CO)CC1. The summed E-state index contributed by atoms with van der Waals surface area (Å²) in [7, 11) is 2.19. The molecular formula is C19H29N3O3. The van der Waals surface area contributed by atoms with Crippen LogP contribution in [0.5, 0.6) is 11.5 Å². The summed E-state index contributed by atoms with van der Waals surface area (Å²) in [6.45, 7) is 9.26. The maximum absolute atomic E-state index is 9.83. The predicted octanol–water partition coefficient (Wildman–Crippen LogP) is 0.703. The van der Waals surface area contributed by atoms with Crippen LogP contribution in [0.1, 0.15) is 5.56 Å². The molecule has 0 amide bonds. The first-order chi connectivity index (χ1) is 12.2. The molecule has 3 aliphatic heterocycles. The Morgan fingerprint density at radius 1 is 1.00 bits per heavy atom. The summed E-state index contributed by atoms with van der Waals surface area (Å²) < 4.78 is 10.9. The van der Waals surface area contributed by atoms with Crippen molar-refractivity contribution in [1.82, 2.24) is 14.7 Å². The van der Waals surface area contributed by atoms with E-state index in [1.807, 2.05) is 6.07 Å². The molecule has 4 rings (SSSR count). The Labute approximate surface area is 149 Å². The van der Waals surface area contributed by atoms with Crippen LogP contribution in [-0.2, 0) is 6.54 Å². The van der Waals surface area contributed by atoms with E-state index in [2.05, 4.69) is 33.9 Å². The van der Waals surface area contributed by atoms with E-state index in [0.717, 1.165) is 63.9 Å². The van der Waals surface area contributed by atoms with Gasteiger partial charge >= 0.3 is 0 Å². The van der Waals surface area contributed by atoms with Gasteiger partial charge in [0, 0.05) is 59.0 Å². The lowest BCUT2D eigenvalue weighted by molar-refractivity contribution is 0.116. The number of likely N-dealkylation sites (N-methyl/N-ethyl adjacent to an activating group) is 1. The van der Waals surface area contributed by atoms with Gasteiger partial charge in [0.05, 0.1) is 0 Å². The van der Waals surface area contributed by atoms with Crippen molar-refractivity contribution in [3.8, 4) is 11.5 Å². The quantitative estimate of drug-likeness (QED) is 0.846. The molecule has 0 aromatic heterocycles. The second kappa shape index (κ2) is 7.50. The zero-order valence-electron chi connectivity index (χ0n) is 15.1. The van der Waals surface area contributed by atoms with Crippen LogP contribution in [0.2, 0.25) is 0 Å². The van der Waals surface area contributed by atoms with Crippen molar-refractivity contribution in [2.24, 2.45) is 11.8 Å². The molecule has 0 radical (unpaired) electrons. The highest BCUT2D eigenvalue weighted by molar-refractivity contribution is 5.44. The van der Waals surface area contributed by atoms with Gasteiger partial charge < -0.3 is 24.4 Å². The van der Waals surface area contributed by atoms with Crippen molar-refractivity contribution >= 4 is 0 Å². The van der Waals surface area contributed by atoms with Gasteiger partial charge in [0.2, 0.25) is 6.79 Å². The topological polar surface area (TPSA) is 48.4 Å². The molecule has 6 heteroatoms. The fraction of sp³-hybridized carbons (Fsp3) is 0.684. The van der Waals surface area contributed by atoms with Gasteiger partial charge in [-0.2, -0.15) is 0 Å². The van der Waals surface area contributed by atoms with E-state index in [9.17, 15) is 5.11 Å². The second-order valence-corrected chi connectivity index (χ2v) is 7.69. The van der Waals surface area contributed by atoms with Crippen LogP contribution in [0.15, 0.2) is 18.2 Å². The molecule has 1 aromatic rings. The zero-order chi connectivity index (χ0) is 17.2. The van der Waals surface area contributed by atoms with Crippen molar-refractivity contribution < 1.29 is 14.6 Å². The Hall–Kier alpha value is -1.34. The van der Waals surface area contributed by atoms with Gasteiger partial charge in [0.25, 0.3) is 0 Å². The third-order valence-corrected chi connectivity index (χ3v) is 5.82. The molecule has 6 nitrogen and oxygen atoms in total. The minimum atomic E-state index is 0.288. The number of fused-ring (bicyclic) bond motifs is 1. The van der Waals surface area contributed by atoms with Gasteiger partial charge in [-0.05, 0) is 36.6 Å². The molecule has 1 aromatic carbocycles. The highest BCUT2D eigenvalue weighted by Crippen LogP contribution is 2.33. The molecule has 1 N–H and O–H groups in total. The van der Waals surface area contributed by atoms with E-state index in [1.54, 1.807) is 0 Å². The third-order valence-electron chi connectivity index (χ3n) is 5.82. The lowest BCUT2D eigenvalue weighted by Crippen LogP contribution is -2.47. The molecule has 3 heterocycles. The molecule has 0 saturated carbocycles. The van der Waals surface area contributed by atoms with Crippen molar-refractivity contribution in [1.29, 1.82) is 0 Å². The number of benzene rings is 1. The summed E-state index contributed by atoms with van der Waals surface area (Å²) in [5.74, 6) is 2.63. The van der Waals surface area contributed by atoms with Crippen molar-refractivity contribution in [3.63, 3.8) is 0 Å². The Balaban J connectivity index is 1.34. The number of aliphatic hydroxyl groups excluding tert-OH is 1.